The van der Waals surface area contributed by atoms with E-state index in [1.807, 2.05) is 30.3 Å². The standard InChI is InChI=1S/C16H26N4O/c1-13(2)20-10-8-19(9-11-20)12-16(18,15(17)21)14-6-4-3-5-7-14/h3-7,13H,8-12,18H2,1-2H3,(H2,17,21). The van der Waals surface area contributed by atoms with E-state index in [1.54, 1.807) is 0 Å². The van der Waals surface area contributed by atoms with Gasteiger partial charge < -0.3 is 11.5 Å². The van der Waals surface area contributed by atoms with Crippen molar-refractivity contribution in [1.29, 1.82) is 0 Å². The fraction of sp³-hybridized carbons (Fsp3) is 0.562. The molecule has 1 aliphatic rings. The Morgan fingerprint density at radius 1 is 1.19 bits per heavy atom. The molecule has 1 unspecified atom stereocenters. The molecule has 4 N–H and O–H groups in total. The molecule has 2 rings (SSSR count). The van der Waals surface area contributed by atoms with Crippen LogP contribution < -0.4 is 11.5 Å². The van der Waals surface area contributed by atoms with Gasteiger partial charge in [-0.2, -0.15) is 0 Å². The first kappa shape index (κ1) is 15.9. The van der Waals surface area contributed by atoms with Gasteiger partial charge in [0.2, 0.25) is 5.91 Å². The van der Waals surface area contributed by atoms with Crippen molar-refractivity contribution in [2.75, 3.05) is 32.7 Å². The molecule has 0 aromatic heterocycles. The van der Waals surface area contributed by atoms with Crippen LogP contribution in [0.3, 0.4) is 0 Å². The van der Waals surface area contributed by atoms with E-state index < -0.39 is 11.4 Å². The van der Waals surface area contributed by atoms with E-state index in [1.165, 1.54) is 0 Å². The molecule has 1 aromatic rings. The van der Waals surface area contributed by atoms with E-state index in [9.17, 15) is 4.79 Å². The van der Waals surface area contributed by atoms with E-state index in [2.05, 4.69) is 23.6 Å². The van der Waals surface area contributed by atoms with Crippen LogP contribution in [0.25, 0.3) is 0 Å². The molecule has 1 aromatic carbocycles. The van der Waals surface area contributed by atoms with Crippen molar-refractivity contribution < 1.29 is 4.79 Å². The van der Waals surface area contributed by atoms with Gasteiger partial charge in [-0.05, 0) is 19.4 Å². The lowest BCUT2D eigenvalue weighted by atomic mass is 9.89. The summed E-state index contributed by atoms with van der Waals surface area (Å²) in [4.78, 5) is 16.6. The zero-order valence-corrected chi connectivity index (χ0v) is 13.0. The van der Waals surface area contributed by atoms with E-state index in [-0.39, 0.29) is 0 Å². The number of nitrogens with two attached hydrogens (primary N) is 2. The summed E-state index contributed by atoms with van der Waals surface area (Å²) in [5.74, 6) is -0.472. The molecule has 5 heteroatoms. The number of hydrogen-bond donors (Lipinski definition) is 2. The number of amides is 1. The quantitative estimate of drug-likeness (QED) is 0.820. The van der Waals surface area contributed by atoms with Crippen LogP contribution >= 0.6 is 0 Å². The van der Waals surface area contributed by atoms with E-state index in [0.29, 0.717) is 12.6 Å². The second-order valence-electron chi connectivity index (χ2n) is 6.11. The van der Waals surface area contributed by atoms with E-state index in [0.717, 1.165) is 31.7 Å². The zero-order chi connectivity index (χ0) is 15.5. The molecule has 0 saturated carbocycles. The Hall–Kier alpha value is -1.43. The summed E-state index contributed by atoms with van der Waals surface area (Å²) in [7, 11) is 0. The molecule has 0 radical (unpaired) electrons. The van der Waals surface area contributed by atoms with Crippen molar-refractivity contribution in [3.05, 3.63) is 35.9 Å². The number of hydrogen-bond acceptors (Lipinski definition) is 4. The Kier molecular flexibility index (Phi) is 4.98. The topological polar surface area (TPSA) is 75.6 Å². The average Bonchev–Trinajstić information content (AvgIpc) is 2.48. The van der Waals surface area contributed by atoms with Crippen LogP contribution in [-0.2, 0) is 10.3 Å². The van der Waals surface area contributed by atoms with Crippen LogP contribution in [0.15, 0.2) is 30.3 Å². The molecule has 21 heavy (non-hydrogen) atoms. The summed E-state index contributed by atoms with van der Waals surface area (Å²) >= 11 is 0. The molecule has 5 nitrogen and oxygen atoms in total. The van der Waals surface area contributed by atoms with Gasteiger partial charge in [0.05, 0.1) is 0 Å². The molecular weight excluding hydrogens is 264 g/mol. The van der Waals surface area contributed by atoms with Gasteiger partial charge in [0.15, 0.2) is 0 Å². The first-order chi connectivity index (χ1) is 9.93. The van der Waals surface area contributed by atoms with Crippen molar-refractivity contribution in [3.8, 4) is 0 Å². The van der Waals surface area contributed by atoms with Gasteiger partial charge in [-0.1, -0.05) is 30.3 Å². The molecule has 116 valence electrons. The van der Waals surface area contributed by atoms with Gasteiger partial charge in [0.1, 0.15) is 5.54 Å². The number of benzene rings is 1. The third kappa shape index (κ3) is 3.61. The molecule has 0 aliphatic carbocycles. The number of nitrogens with zero attached hydrogens (tertiary/aromatic N) is 2. The third-order valence-electron chi connectivity index (χ3n) is 4.34. The molecule has 1 fully saturated rings. The maximum Gasteiger partial charge on any atom is 0.243 e. The number of carbonyl (C=O) groups is 1. The lowest BCUT2D eigenvalue weighted by Crippen LogP contribution is -2.59. The van der Waals surface area contributed by atoms with Gasteiger partial charge in [-0.25, -0.2) is 0 Å². The van der Waals surface area contributed by atoms with Crippen LogP contribution in [0.1, 0.15) is 19.4 Å². The van der Waals surface area contributed by atoms with Crippen LogP contribution in [0.5, 0.6) is 0 Å². The number of primary amides is 1. The highest BCUT2D eigenvalue weighted by Gasteiger charge is 2.36. The summed E-state index contributed by atoms with van der Waals surface area (Å²) in [6.45, 7) is 8.71. The average molecular weight is 290 g/mol. The summed E-state index contributed by atoms with van der Waals surface area (Å²) in [6, 6.07) is 9.98. The first-order valence-corrected chi connectivity index (χ1v) is 7.54. The van der Waals surface area contributed by atoms with Crippen molar-refractivity contribution >= 4 is 5.91 Å². The number of carbonyl (C=O) groups excluding carboxylic acids is 1. The van der Waals surface area contributed by atoms with Crippen molar-refractivity contribution in [3.63, 3.8) is 0 Å². The van der Waals surface area contributed by atoms with Gasteiger partial charge in [-0.3, -0.25) is 14.6 Å². The van der Waals surface area contributed by atoms with E-state index in [4.69, 9.17) is 11.5 Å². The number of rotatable bonds is 5. The van der Waals surface area contributed by atoms with Crippen molar-refractivity contribution in [2.45, 2.75) is 25.4 Å². The highest BCUT2D eigenvalue weighted by molar-refractivity contribution is 5.86. The predicted molar refractivity (Wildman–Crippen MR) is 84.7 cm³/mol. The Morgan fingerprint density at radius 3 is 2.24 bits per heavy atom. The normalized spacial score (nSPS) is 20.4. The summed E-state index contributed by atoms with van der Waals surface area (Å²) in [5.41, 5.74) is 11.6. The maximum absolute atomic E-state index is 11.9. The predicted octanol–water partition coefficient (Wildman–Crippen LogP) is 0.352. The first-order valence-electron chi connectivity index (χ1n) is 7.54. The van der Waals surface area contributed by atoms with Crippen molar-refractivity contribution in [1.82, 2.24) is 9.80 Å². The maximum atomic E-state index is 11.9. The summed E-state index contributed by atoms with van der Waals surface area (Å²) in [6.07, 6.45) is 0. The fourth-order valence-corrected chi connectivity index (χ4v) is 2.84. The SMILES string of the molecule is CC(C)N1CCN(CC(N)(C(N)=O)c2ccccc2)CC1. The third-order valence-corrected chi connectivity index (χ3v) is 4.34. The van der Waals surface area contributed by atoms with Gasteiger partial charge in [0, 0.05) is 38.8 Å². The molecule has 1 saturated heterocycles. The highest BCUT2D eigenvalue weighted by Crippen LogP contribution is 2.20. The fourth-order valence-electron chi connectivity index (χ4n) is 2.84. The smallest absolute Gasteiger partial charge is 0.243 e. The molecular formula is C16H26N4O. The molecule has 1 aliphatic heterocycles. The van der Waals surface area contributed by atoms with Crippen LogP contribution in [0.2, 0.25) is 0 Å². The molecule has 0 bridgehead atoms. The highest BCUT2D eigenvalue weighted by atomic mass is 16.1. The van der Waals surface area contributed by atoms with Gasteiger partial charge in [0.25, 0.3) is 0 Å². The Morgan fingerprint density at radius 2 is 1.76 bits per heavy atom. The minimum Gasteiger partial charge on any atom is -0.368 e. The van der Waals surface area contributed by atoms with Crippen LogP contribution in [-0.4, -0.2) is 54.5 Å². The Labute approximate surface area is 126 Å². The van der Waals surface area contributed by atoms with E-state index >= 15 is 0 Å². The van der Waals surface area contributed by atoms with Crippen LogP contribution in [0.4, 0.5) is 0 Å². The molecule has 1 amide bonds. The minimum absolute atomic E-state index is 0.471. The Bertz CT molecular complexity index is 468. The molecule has 0 spiro atoms. The summed E-state index contributed by atoms with van der Waals surface area (Å²) < 4.78 is 0. The second-order valence-corrected chi connectivity index (χ2v) is 6.11. The van der Waals surface area contributed by atoms with Crippen LogP contribution in [0, 0.1) is 0 Å². The molecule has 1 heterocycles. The number of piperazine rings is 1. The second kappa shape index (κ2) is 6.56. The monoisotopic (exact) mass is 290 g/mol. The molecule has 1 atom stereocenters. The minimum atomic E-state index is -1.12. The van der Waals surface area contributed by atoms with Gasteiger partial charge >= 0.3 is 0 Å². The van der Waals surface area contributed by atoms with Gasteiger partial charge in [-0.15, -0.1) is 0 Å². The largest absolute Gasteiger partial charge is 0.368 e. The Balaban J connectivity index is 2.07. The summed E-state index contributed by atoms with van der Waals surface area (Å²) in [5, 5.41) is 0. The lowest BCUT2D eigenvalue weighted by Gasteiger charge is -2.40. The van der Waals surface area contributed by atoms with Crippen molar-refractivity contribution in [2.24, 2.45) is 11.5 Å². The lowest BCUT2D eigenvalue weighted by molar-refractivity contribution is -0.124. The zero-order valence-electron chi connectivity index (χ0n) is 13.0.